The van der Waals surface area contributed by atoms with Crippen LogP contribution in [0.1, 0.15) is 59.0 Å². The van der Waals surface area contributed by atoms with Crippen LogP contribution in [-0.2, 0) is 19.3 Å². The van der Waals surface area contributed by atoms with Crippen molar-refractivity contribution in [3.8, 4) is 10.4 Å². The summed E-state index contributed by atoms with van der Waals surface area (Å²) in [5.41, 5.74) is 10.6. The number of aromatic nitrogens is 4. The number of ether oxygens (including phenoxy) is 1. The summed E-state index contributed by atoms with van der Waals surface area (Å²) in [7, 11) is -4.47. The van der Waals surface area contributed by atoms with Gasteiger partial charge in [0.2, 0.25) is 0 Å². The van der Waals surface area contributed by atoms with Gasteiger partial charge < -0.3 is 23.9 Å². The van der Waals surface area contributed by atoms with Crippen molar-refractivity contribution in [1.29, 1.82) is 0 Å². The van der Waals surface area contributed by atoms with E-state index in [1.54, 1.807) is 11.5 Å². The van der Waals surface area contributed by atoms with E-state index in [2.05, 4.69) is 120 Å². The third-order valence-corrected chi connectivity index (χ3v) is 21.2. The zero-order valence-corrected chi connectivity index (χ0v) is 32.9. The standard InChI is InChI=1S/C34H51N5O3S2Si2/c1-22-25(29(44-38-22)23-15-13-12-14-16-23)19-43-20-26-27(41-45(8,9)33(2,3)4)28(42-46(10,11)34(5,6)7)32(40-26)39-18-17-24-30(35)36-21-37-31(24)39/h12-18,21,26-28,32H,19-20H2,1-11H3,(H2,35,36,37)/t26-,27-,28-,32-/m1/s1. The molecule has 250 valence electrons. The smallest absolute Gasteiger partial charge is 0.192 e. The lowest BCUT2D eigenvalue weighted by Gasteiger charge is -2.44. The van der Waals surface area contributed by atoms with Crippen LogP contribution in [0.4, 0.5) is 5.82 Å². The summed E-state index contributed by atoms with van der Waals surface area (Å²) in [4.78, 5) is 10.1. The number of thioether (sulfide) groups is 1. The van der Waals surface area contributed by atoms with Gasteiger partial charge in [0.15, 0.2) is 22.9 Å². The summed E-state index contributed by atoms with van der Waals surface area (Å²) >= 11 is 3.46. The molecule has 46 heavy (non-hydrogen) atoms. The molecule has 1 fully saturated rings. The monoisotopic (exact) mass is 697 g/mol. The van der Waals surface area contributed by atoms with Crippen molar-refractivity contribution in [2.75, 3.05) is 11.5 Å². The molecule has 12 heteroatoms. The number of rotatable bonds is 10. The molecule has 0 amide bonds. The van der Waals surface area contributed by atoms with E-state index >= 15 is 0 Å². The van der Waals surface area contributed by atoms with Gasteiger partial charge in [0.25, 0.3) is 0 Å². The first-order valence-electron chi connectivity index (χ1n) is 16.1. The molecule has 4 heterocycles. The van der Waals surface area contributed by atoms with Crippen molar-refractivity contribution in [1.82, 2.24) is 18.9 Å². The van der Waals surface area contributed by atoms with E-state index in [0.717, 1.165) is 28.2 Å². The van der Waals surface area contributed by atoms with Gasteiger partial charge in [-0.3, -0.25) is 0 Å². The summed E-state index contributed by atoms with van der Waals surface area (Å²) < 4.78 is 28.6. The molecule has 4 atom stereocenters. The summed E-state index contributed by atoms with van der Waals surface area (Å²) in [6.45, 7) is 25.1. The zero-order valence-electron chi connectivity index (χ0n) is 29.2. The number of anilines is 1. The summed E-state index contributed by atoms with van der Waals surface area (Å²) in [6, 6.07) is 12.5. The highest BCUT2D eigenvalue weighted by atomic mass is 32.2. The fourth-order valence-electron chi connectivity index (χ4n) is 5.22. The first kappa shape index (κ1) is 35.2. The zero-order chi connectivity index (χ0) is 33.7. The van der Waals surface area contributed by atoms with E-state index in [9.17, 15) is 0 Å². The molecule has 0 unspecified atom stereocenters. The number of hydrogen-bond donors (Lipinski definition) is 1. The van der Waals surface area contributed by atoms with Crippen molar-refractivity contribution >= 4 is 56.8 Å². The van der Waals surface area contributed by atoms with E-state index < -0.39 is 22.9 Å². The number of nitrogen functional groups attached to an aromatic ring is 1. The van der Waals surface area contributed by atoms with Gasteiger partial charge in [0.05, 0.1) is 22.1 Å². The first-order valence-corrected chi connectivity index (χ1v) is 23.8. The van der Waals surface area contributed by atoms with Crippen LogP contribution in [-0.4, -0.2) is 59.6 Å². The molecule has 1 aliphatic heterocycles. The first-order chi connectivity index (χ1) is 21.4. The Morgan fingerprint density at radius 1 is 0.935 bits per heavy atom. The van der Waals surface area contributed by atoms with Crippen molar-refractivity contribution in [2.24, 2.45) is 0 Å². The normalized spacial score (nSPS) is 21.4. The average Bonchev–Trinajstić information content (AvgIpc) is 3.64. The molecule has 1 aliphatic rings. The summed E-state index contributed by atoms with van der Waals surface area (Å²) in [5, 5.41) is 0.843. The van der Waals surface area contributed by atoms with Gasteiger partial charge in [-0.2, -0.15) is 16.1 Å². The van der Waals surface area contributed by atoms with Gasteiger partial charge >= 0.3 is 0 Å². The molecule has 0 radical (unpaired) electrons. The lowest BCUT2D eigenvalue weighted by atomic mass is 10.1. The van der Waals surface area contributed by atoms with E-state index in [0.29, 0.717) is 5.82 Å². The molecule has 3 aromatic heterocycles. The van der Waals surface area contributed by atoms with Gasteiger partial charge in [-0.15, -0.1) is 0 Å². The van der Waals surface area contributed by atoms with E-state index in [1.165, 1.54) is 22.3 Å². The fourth-order valence-corrected chi connectivity index (χ4v) is 10.00. The molecule has 0 spiro atoms. The van der Waals surface area contributed by atoms with E-state index in [1.807, 2.05) is 24.0 Å². The molecule has 2 N–H and O–H groups in total. The highest BCUT2D eigenvalue weighted by molar-refractivity contribution is 7.98. The Hall–Kier alpha value is -2.07. The lowest BCUT2D eigenvalue weighted by Crippen LogP contribution is -2.53. The average molecular weight is 698 g/mol. The molecule has 5 rings (SSSR count). The number of nitrogens with two attached hydrogens (primary N) is 1. The molecule has 1 saturated heterocycles. The second-order valence-electron chi connectivity index (χ2n) is 15.4. The van der Waals surface area contributed by atoms with Gasteiger partial charge in [-0.05, 0) is 66.4 Å². The molecular formula is C34H51N5O3S2Si2. The third-order valence-electron chi connectivity index (χ3n) is 10.1. The topological polar surface area (TPSA) is 97.3 Å². The van der Waals surface area contributed by atoms with Crippen LogP contribution < -0.4 is 5.73 Å². The summed E-state index contributed by atoms with van der Waals surface area (Å²) in [5.74, 6) is 2.06. The minimum atomic E-state index is -2.25. The predicted molar refractivity (Wildman–Crippen MR) is 198 cm³/mol. The highest BCUT2D eigenvalue weighted by Crippen LogP contribution is 2.47. The Morgan fingerprint density at radius 2 is 1.57 bits per heavy atom. The Bertz CT molecular complexity index is 1650. The molecule has 8 nitrogen and oxygen atoms in total. The molecular weight excluding hydrogens is 647 g/mol. The minimum Gasteiger partial charge on any atom is -0.408 e. The maximum absolute atomic E-state index is 7.33. The van der Waals surface area contributed by atoms with Crippen molar-refractivity contribution in [3.05, 3.63) is 60.2 Å². The maximum atomic E-state index is 7.33. The fraction of sp³-hybridized carbons (Fsp3) is 0.559. The largest absolute Gasteiger partial charge is 0.408 e. The Morgan fingerprint density at radius 3 is 2.20 bits per heavy atom. The predicted octanol–water partition coefficient (Wildman–Crippen LogP) is 9.06. The van der Waals surface area contributed by atoms with Gasteiger partial charge in [-0.1, -0.05) is 71.9 Å². The van der Waals surface area contributed by atoms with Gasteiger partial charge in [0, 0.05) is 23.3 Å². The van der Waals surface area contributed by atoms with Crippen molar-refractivity contribution in [3.63, 3.8) is 0 Å². The third kappa shape index (κ3) is 7.04. The molecule has 0 saturated carbocycles. The summed E-state index contributed by atoms with van der Waals surface area (Å²) in [6.07, 6.45) is 2.34. The van der Waals surface area contributed by atoms with E-state index in [-0.39, 0.29) is 28.4 Å². The number of aryl methyl sites for hydroxylation is 1. The molecule has 0 bridgehead atoms. The van der Waals surface area contributed by atoms with Crippen LogP contribution in [0.3, 0.4) is 0 Å². The van der Waals surface area contributed by atoms with Gasteiger partial charge in [0.1, 0.15) is 30.0 Å². The minimum absolute atomic E-state index is 0.00851. The number of nitrogens with zero attached hydrogens (tertiary/aromatic N) is 4. The van der Waals surface area contributed by atoms with Crippen molar-refractivity contribution < 1.29 is 13.6 Å². The Kier molecular flexibility index (Phi) is 10.0. The van der Waals surface area contributed by atoms with Crippen molar-refractivity contribution in [2.45, 2.75) is 115 Å². The second kappa shape index (κ2) is 13.1. The molecule has 0 aliphatic carbocycles. The second-order valence-corrected chi connectivity index (χ2v) is 26.7. The van der Waals surface area contributed by atoms with Crippen LogP contribution in [0.5, 0.6) is 0 Å². The molecule has 4 aromatic rings. The number of fused-ring (bicyclic) bond motifs is 1. The number of benzene rings is 1. The quantitative estimate of drug-likeness (QED) is 0.164. The Labute approximate surface area is 285 Å². The maximum Gasteiger partial charge on any atom is 0.192 e. The SMILES string of the molecule is Cc1nsc(-c2ccccc2)c1CSC[C@H]1O[C@@H](n2ccc3c(N)ncnc32)[C@H](O[Si](C)(C)C(C)(C)C)[C@@H]1O[Si](C)(C)C(C)(C)C. The highest BCUT2D eigenvalue weighted by Gasteiger charge is 2.54. The van der Waals surface area contributed by atoms with Crippen LogP contribution in [0.25, 0.3) is 21.5 Å². The van der Waals surface area contributed by atoms with Crippen LogP contribution >= 0.6 is 23.3 Å². The van der Waals surface area contributed by atoms with Gasteiger partial charge in [-0.25, -0.2) is 9.97 Å². The Balaban J connectivity index is 1.52. The van der Waals surface area contributed by atoms with Crippen LogP contribution in [0.2, 0.25) is 36.3 Å². The van der Waals surface area contributed by atoms with E-state index in [4.69, 9.17) is 23.7 Å². The lowest BCUT2D eigenvalue weighted by molar-refractivity contribution is -0.0244. The number of hydrogen-bond acceptors (Lipinski definition) is 9. The molecule has 1 aromatic carbocycles. The van der Waals surface area contributed by atoms with Crippen LogP contribution in [0, 0.1) is 6.92 Å². The van der Waals surface area contributed by atoms with Crippen LogP contribution in [0.15, 0.2) is 48.9 Å².